The van der Waals surface area contributed by atoms with Gasteiger partial charge in [-0.3, -0.25) is 0 Å². The molecule has 6 heteroatoms. The SMILES string of the molecule is CC(C)C(C)CNc1cc(OC(F)F)c(F)cc1N. The first-order valence-corrected chi connectivity index (χ1v) is 6.09. The van der Waals surface area contributed by atoms with Crippen LogP contribution in [0.3, 0.4) is 0 Å². The summed E-state index contributed by atoms with van der Waals surface area (Å²) < 4.78 is 41.7. The van der Waals surface area contributed by atoms with Gasteiger partial charge in [0.15, 0.2) is 11.6 Å². The molecule has 0 aliphatic rings. The number of halogens is 3. The highest BCUT2D eigenvalue weighted by Gasteiger charge is 2.14. The minimum absolute atomic E-state index is 0.162. The molecule has 1 aromatic carbocycles. The molecular formula is C13H19F3N2O. The summed E-state index contributed by atoms with van der Waals surface area (Å²) in [7, 11) is 0. The molecule has 3 N–H and O–H groups in total. The smallest absolute Gasteiger partial charge is 0.387 e. The van der Waals surface area contributed by atoms with E-state index in [1.54, 1.807) is 0 Å². The molecule has 0 spiro atoms. The van der Waals surface area contributed by atoms with Crippen molar-refractivity contribution in [1.29, 1.82) is 0 Å². The standard InChI is InChI=1S/C13H19F3N2O/c1-7(2)8(3)6-18-11-5-12(19-13(15)16)9(14)4-10(11)17/h4-5,7-8,13,18H,6,17H2,1-3H3. The van der Waals surface area contributed by atoms with Crippen LogP contribution in [-0.2, 0) is 0 Å². The highest BCUT2D eigenvalue weighted by molar-refractivity contribution is 5.68. The Balaban J connectivity index is 2.82. The average Bonchev–Trinajstić information content (AvgIpc) is 2.30. The first-order valence-electron chi connectivity index (χ1n) is 6.09. The number of hydrogen-bond donors (Lipinski definition) is 2. The number of benzene rings is 1. The number of rotatable bonds is 6. The predicted octanol–water partition coefficient (Wildman–Crippen LogP) is 3.71. The second-order valence-electron chi connectivity index (χ2n) is 4.85. The molecule has 108 valence electrons. The zero-order chi connectivity index (χ0) is 14.6. The summed E-state index contributed by atoms with van der Waals surface area (Å²) in [5.74, 6) is -0.584. The predicted molar refractivity (Wildman–Crippen MR) is 69.9 cm³/mol. The van der Waals surface area contributed by atoms with Crippen LogP contribution in [0.2, 0.25) is 0 Å². The second-order valence-corrected chi connectivity index (χ2v) is 4.85. The minimum atomic E-state index is -3.07. The van der Waals surface area contributed by atoms with Crippen LogP contribution >= 0.6 is 0 Å². The van der Waals surface area contributed by atoms with Gasteiger partial charge in [-0.15, -0.1) is 0 Å². The van der Waals surface area contributed by atoms with E-state index in [9.17, 15) is 13.2 Å². The third-order valence-corrected chi connectivity index (χ3v) is 3.07. The van der Waals surface area contributed by atoms with Gasteiger partial charge in [0, 0.05) is 18.7 Å². The van der Waals surface area contributed by atoms with Gasteiger partial charge < -0.3 is 15.8 Å². The van der Waals surface area contributed by atoms with E-state index in [1.165, 1.54) is 0 Å². The van der Waals surface area contributed by atoms with Gasteiger partial charge in [0.2, 0.25) is 0 Å². The van der Waals surface area contributed by atoms with Crippen LogP contribution in [0.15, 0.2) is 12.1 Å². The molecule has 1 unspecified atom stereocenters. The molecule has 0 amide bonds. The van der Waals surface area contributed by atoms with E-state index in [0.29, 0.717) is 24.1 Å². The number of nitrogens with one attached hydrogen (secondary N) is 1. The van der Waals surface area contributed by atoms with E-state index in [2.05, 4.69) is 23.9 Å². The minimum Gasteiger partial charge on any atom is -0.432 e. The van der Waals surface area contributed by atoms with Crippen molar-refractivity contribution in [3.05, 3.63) is 17.9 Å². The van der Waals surface area contributed by atoms with Crippen LogP contribution in [0.25, 0.3) is 0 Å². The average molecular weight is 276 g/mol. The summed E-state index contributed by atoms with van der Waals surface area (Å²) in [5.41, 5.74) is 6.19. The maximum atomic E-state index is 13.4. The Bertz CT molecular complexity index is 425. The molecule has 1 aromatic rings. The highest BCUT2D eigenvalue weighted by atomic mass is 19.3. The molecule has 0 aliphatic heterocycles. The Morgan fingerprint density at radius 2 is 1.89 bits per heavy atom. The third-order valence-electron chi connectivity index (χ3n) is 3.07. The quantitative estimate of drug-likeness (QED) is 0.779. The Morgan fingerprint density at radius 1 is 1.26 bits per heavy atom. The van der Waals surface area contributed by atoms with Crippen molar-refractivity contribution in [3.8, 4) is 5.75 Å². The van der Waals surface area contributed by atoms with Gasteiger partial charge in [-0.2, -0.15) is 8.78 Å². The van der Waals surface area contributed by atoms with Gasteiger partial charge >= 0.3 is 6.61 Å². The molecule has 0 fully saturated rings. The lowest BCUT2D eigenvalue weighted by atomic mass is 9.98. The van der Waals surface area contributed by atoms with Gasteiger partial charge in [-0.25, -0.2) is 4.39 Å². The monoisotopic (exact) mass is 276 g/mol. The maximum Gasteiger partial charge on any atom is 0.387 e. The third kappa shape index (κ3) is 4.54. The molecule has 0 saturated heterocycles. The Kier molecular flexibility index (Phi) is 5.32. The molecule has 0 bridgehead atoms. The van der Waals surface area contributed by atoms with Crippen molar-refractivity contribution in [2.75, 3.05) is 17.6 Å². The van der Waals surface area contributed by atoms with Crippen molar-refractivity contribution >= 4 is 11.4 Å². The van der Waals surface area contributed by atoms with Crippen LogP contribution in [0, 0.1) is 17.7 Å². The molecule has 1 atom stereocenters. The number of hydrogen-bond acceptors (Lipinski definition) is 3. The van der Waals surface area contributed by atoms with Crippen molar-refractivity contribution in [1.82, 2.24) is 0 Å². The van der Waals surface area contributed by atoms with Crippen molar-refractivity contribution in [2.24, 2.45) is 11.8 Å². The normalized spacial score (nSPS) is 12.8. The number of nitrogens with two attached hydrogens (primary N) is 1. The van der Waals surface area contributed by atoms with E-state index in [-0.39, 0.29) is 5.69 Å². The fraction of sp³-hybridized carbons (Fsp3) is 0.538. The number of anilines is 2. The summed E-state index contributed by atoms with van der Waals surface area (Å²) in [4.78, 5) is 0. The summed E-state index contributed by atoms with van der Waals surface area (Å²) in [6.07, 6.45) is 0. The lowest BCUT2D eigenvalue weighted by molar-refractivity contribution is -0.0521. The zero-order valence-electron chi connectivity index (χ0n) is 11.2. The van der Waals surface area contributed by atoms with Gasteiger partial charge in [-0.05, 0) is 11.8 Å². The number of ether oxygens (including phenoxy) is 1. The van der Waals surface area contributed by atoms with Gasteiger partial charge in [-0.1, -0.05) is 20.8 Å². The number of alkyl halides is 2. The molecule has 0 aromatic heterocycles. The molecule has 19 heavy (non-hydrogen) atoms. The Hall–Kier alpha value is -1.59. The van der Waals surface area contributed by atoms with Crippen molar-refractivity contribution in [2.45, 2.75) is 27.4 Å². The first kappa shape index (κ1) is 15.5. The van der Waals surface area contributed by atoms with Crippen LogP contribution in [-0.4, -0.2) is 13.2 Å². The first-order chi connectivity index (χ1) is 8.81. The summed E-state index contributed by atoms with van der Waals surface area (Å²) in [5, 5.41) is 3.02. The molecule has 0 aliphatic carbocycles. The van der Waals surface area contributed by atoms with Gasteiger partial charge in [0.25, 0.3) is 0 Å². The Morgan fingerprint density at radius 3 is 2.42 bits per heavy atom. The van der Waals surface area contributed by atoms with E-state index >= 15 is 0 Å². The molecule has 1 rings (SSSR count). The molecule has 0 heterocycles. The van der Waals surface area contributed by atoms with Crippen LogP contribution in [0.1, 0.15) is 20.8 Å². The summed E-state index contributed by atoms with van der Waals surface area (Å²) in [6.45, 7) is 3.74. The summed E-state index contributed by atoms with van der Waals surface area (Å²) in [6, 6.07) is 2.13. The second kappa shape index (κ2) is 6.54. The topological polar surface area (TPSA) is 47.3 Å². The van der Waals surface area contributed by atoms with E-state index < -0.39 is 18.2 Å². The van der Waals surface area contributed by atoms with Crippen molar-refractivity contribution in [3.63, 3.8) is 0 Å². The Labute approximate surface area is 110 Å². The molecule has 3 nitrogen and oxygen atoms in total. The van der Waals surface area contributed by atoms with E-state index in [0.717, 1.165) is 12.1 Å². The zero-order valence-corrected chi connectivity index (χ0v) is 11.2. The fourth-order valence-electron chi connectivity index (χ4n) is 1.41. The van der Waals surface area contributed by atoms with Gasteiger partial charge in [0.1, 0.15) is 0 Å². The highest BCUT2D eigenvalue weighted by Crippen LogP contribution is 2.29. The van der Waals surface area contributed by atoms with Crippen molar-refractivity contribution < 1.29 is 17.9 Å². The van der Waals surface area contributed by atoms with Crippen LogP contribution in [0.5, 0.6) is 5.75 Å². The largest absolute Gasteiger partial charge is 0.432 e. The van der Waals surface area contributed by atoms with Gasteiger partial charge in [0.05, 0.1) is 11.4 Å². The fourth-order valence-corrected chi connectivity index (χ4v) is 1.41. The molecule has 0 saturated carbocycles. The molecule has 0 radical (unpaired) electrons. The lowest BCUT2D eigenvalue weighted by Crippen LogP contribution is -2.17. The lowest BCUT2D eigenvalue weighted by Gasteiger charge is -2.18. The van der Waals surface area contributed by atoms with E-state index in [4.69, 9.17) is 5.73 Å². The maximum absolute atomic E-state index is 13.4. The van der Waals surface area contributed by atoms with Crippen LogP contribution < -0.4 is 15.8 Å². The number of nitrogen functional groups attached to an aromatic ring is 1. The van der Waals surface area contributed by atoms with Crippen LogP contribution in [0.4, 0.5) is 24.5 Å². The van der Waals surface area contributed by atoms with E-state index in [1.807, 2.05) is 6.92 Å². The molecular weight excluding hydrogens is 257 g/mol. The summed E-state index contributed by atoms with van der Waals surface area (Å²) >= 11 is 0.